The maximum atomic E-state index is 14.1. The molecule has 1 amide bonds. The minimum atomic E-state index is -3.22. The van der Waals surface area contributed by atoms with Crippen LogP contribution in [0, 0.1) is 5.82 Å². The van der Waals surface area contributed by atoms with E-state index < -0.39 is 10.0 Å². The minimum absolute atomic E-state index is 0.0579. The summed E-state index contributed by atoms with van der Waals surface area (Å²) in [6.07, 6.45) is 3.15. The van der Waals surface area contributed by atoms with Crippen molar-refractivity contribution in [2.75, 3.05) is 39.0 Å². The van der Waals surface area contributed by atoms with Crippen molar-refractivity contribution in [1.82, 2.24) is 14.1 Å². The molecular formula is C17H23ClFN3O3S. The van der Waals surface area contributed by atoms with Crippen LogP contribution < -0.4 is 0 Å². The first-order chi connectivity index (χ1) is 12.3. The predicted octanol–water partition coefficient (Wildman–Crippen LogP) is 1.55. The number of piperazine rings is 1. The van der Waals surface area contributed by atoms with Crippen molar-refractivity contribution >= 4 is 27.5 Å². The molecule has 1 saturated carbocycles. The third kappa shape index (κ3) is 4.73. The van der Waals surface area contributed by atoms with Crippen molar-refractivity contribution in [1.29, 1.82) is 0 Å². The molecule has 26 heavy (non-hydrogen) atoms. The van der Waals surface area contributed by atoms with E-state index >= 15 is 0 Å². The maximum absolute atomic E-state index is 14.1. The van der Waals surface area contributed by atoms with Crippen molar-refractivity contribution < 1.29 is 17.6 Å². The van der Waals surface area contributed by atoms with Gasteiger partial charge in [0, 0.05) is 49.4 Å². The van der Waals surface area contributed by atoms with Crippen LogP contribution in [0.3, 0.4) is 0 Å². The number of halogens is 2. The quantitative estimate of drug-likeness (QED) is 0.723. The van der Waals surface area contributed by atoms with Crippen molar-refractivity contribution in [3.63, 3.8) is 0 Å². The van der Waals surface area contributed by atoms with E-state index in [2.05, 4.69) is 0 Å². The SMILES string of the molecule is CS(=O)(=O)N1CCN(C(=O)CN(Cc2c(F)cccc2Cl)C2CC2)CC1. The van der Waals surface area contributed by atoms with Crippen LogP contribution in [0.5, 0.6) is 0 Å². The van der Waals surface area contributed by atoms with Gasteiger partial charge in [-0.1, -0.05) is 17.7 Å². The van der Waals surface area contributed by atoms with E-state index in [1.54, 1.807) is 17.0 Å². The largest absolute Gasteiger partial charge is 0.339 e. The Morgan fingerprint density at radius 2 is 1.92 bits per heavy atom. The van der Waals surface area contributed by atoms with Crippen LogP contribution in [0.15, 0.2) is 18.2 Å². The van der Waals surface area contributed by atoms with E-state index in [-0.39, 0.29) is 24.3 Å². The summed E-state index contributed by atoms with van der Waals surface area (Å²) in [5, 5.41) is 0.366. The van der Waals surface area contributed by atoms with Gasteiger partial charge in [-0.15, -0.1) is 0 Å². The summed E-state index contributed by atoms with van der Waals surface area (Å²) in [6.45, 7) is 1.87. The lowest BCUT2D eigenvalue weighted by Gasteiger charge is -2.34. The van der Waals surface area contributed by atoms with Gasteiger partial charge in [-0.25, -0.2) is 12.8 Å². The molecule has 0 radical (unpaired) electrons. The van der Waals surface area contributed by atoms with E-state index in [1.807, 2.05) is 4.90 Å². The highest BCUT2D eigenvalue weighted by atomic mass is 35.5. The molecule has 0 bridgehead atoms. The lowest BCUT2D eigenvalue weighted by Crippen LogP contribution is -2.52. The zero-order valence-electron chi connectivity index (χ0n) is 14.7. The molecule has 1 aliphatic carbocycles. The zero-order chi connectivity index (χ0) is 18.9. The van der Waals surface area contributed by atoms with Crippen molar-refractivity contribution in [3.05, 3.63) is 34.6 Å². The van der Waals surface area contributed by atoms with Gasteiger partial charge in [-0.05, 0) is 25.0 Å². The van der Waals surface area contributed by atoms with Crippen LogP contribution in [-0.4, -0.2) is 73.5 Å². The molecule has 0 atom stereocenters. The highest BCUT2D eigenvalue weighted by Gasteiger charge is 2.33. The number of hydrogen-bond donors (Lipinski definition) is 0. The van der Waals surface area contributed by atoms with Crippen LogP contribution in [0.25, 0.3) is 0 Å². The summed E-state index contributed by atoms with van der Waals surface area (Å²) in [5.41, 5.74) is 0.413. The first-order valence-electron chi connectivity index (χ1n) is 8.65. The summed E-state index contributed by atoms with van der Waals surface area (Å²) in [7, 11) is -3.22. The first kappa shape index (κ1) is 19.5. The number of benzene rings is 1. The van der Waals surface area contributed by atoms with Crippen LogP contribution in [0.4, 0.5) is 4.39 Å². The molecule has 1 heterocycles. The highest BCUT2D eigenvalue weighted by Crippen LogP contribution is 2.30. The molecule has 9 heteroatoms. The first-order valence-corrected chi connectivity index (χ1v) is 10.9. The van der Waals surface area contributed by atoms with Crippen molar-refractivity contribution in [2.24, 2.45) is 0 Å². The van der Waals surface area contributed by atoms with E-state index in [1.165, 1.54) is 16.6 Å². The molecule has 1 aliphatic heterocycles. The molecule has 6 nitrogen and oxygen atoms in total. The van der Waals surface area contributed by atoms with Gasteiger partial charge in [-0.3, -0.25) is 9.69 Å². The molecule has 2 aliphatic rings. The zero-order valence-corrected chi connectivity index (χ0v) is 16.3. The Hall–Kier alpha value is -1.22. The number of nitrogens with zero attached hydrogens (tertiary/aromatic N) is 3. The smallest absolute Gasteiger partial charge is 0.236 e. The van der Waals surface area contributed by atoms with Gasteiger partial charge in [0.15, 0.2) is 0 Å². The summed E-state index contributed by atoms with van der Waals surface area (Å²) < 4.78 is 38.6. The Balaban J connectivity index is 1.61. The Bertz CT molecular complexity index is 757. The van der Waals surface area contributed by atoms with Gasteiger partial charge < -0.3 is 4.90 Å². The monoisotopic (exact) mass is 403 g/mol. The number of carbonyl (C=O) groups excluding carboxylic acids is 1. The number of sulfonamides is 1. The molecule has 1 aromatic rings. The summed E-state index contributed by atoms with van der Waals surface area (Å²) in [5.74, 6) is -0.421. The minimum Gasteiger partial charge on any atom is -0.339 e. The van der Waals surface area contributed by atoms with E-state index in [9.17, 15) is 17.6 Å². The average Bonchev–Trinajstić information content (AvgIpc) is 3.41. The Labute approximate surface area is 158 Å². The van der Waals surface area contributed by atoms with Crippen LogP contribution in [-0.2, 0) is 21.4 Å². The fourth-order valence-corrected chi connectivity index (χ4v) is 4.23. The third-order valence-electron chi connectivity index (χ3n) is 4.88. The molecule has 144 valence electrons. The number of amides is 1. The molecule has 2 fully saturated rings. The maximum Gasteiger partial charge on any atom is 0.236 e. The van der Waals surface area contributed by atoms with Gasteiger partial charge in [0.1, 0.15) is 5.82 Å². The molecule has 0 spiro atoms. The molecular weight excluding hydrogens is 381 g/mol. The normalized spacial score (nSPS) is 19.2. The summed E-state index contributed by atoms with van der Waals surface area (Å²) in [4.78, 5) is 16.3. The van der Waals surface area contributed by atoms with Gasteiger partial charge >= 0.3 is 0 Å². The Kier molecular flexibility index (Phi) is 5.86. The topological polar surface area (TPSA) is 60.9 Å². The van der Waals surface area contributed by atoms with E-state index in [4.69, 9.17) is 11.6 Å². The second kappa shape index (κ2) is 7.80. The molecule has 3 rings (SSSR count). The van der Waals surface area contributed by atoms with Gasteiger partial charge in [0.2, 0.25) is 15.9 Å². The number of hydrogen-bond acceptors (Lipinski definition) is 4. The second-order valence-corrected chi connectivity index (χ2v) is 9.27. The Morgan fingerprint density at radius 1 is 1.27 bits per heavy atom. The fourth-order valence-electron chi connectivity index (χ4n) is 3.18. The summed E-state index contributed by atoms with van der Waals surface area (Å²) >= 11 is 6.12. The van der Waals surface area contributed by atoms with Crippen LogP contribution in [0.1, 0.15) is 18.4 Å². The lowest BCUT2D eigenvalue weighted by molar-refractivity contribution is -0.133. The lowest BCUT2D eigenvalue weighted by atomic mass is 10.2. The summed E-state index contributed by atoms with van der Waals surface area (Å²) in [6, 6.07) is 4.86. The molecule has 1 aromatic carbocycles. The molecule has 0 aromatic heterocycles. The Morgan fingerprint density at radius 3 is 2.46 bits per heavy atom. The molecule has 0 N–H and O–H groups in total. The predicted molar refractivity (Wildman–Crippen MR) is 97.8 cm³/mol. The van der Waals surface area contributed by atoms with Crippen LogP contribution >= 0.6 is 11.6 Å². The number of carbonyl (C=O) groups is 1. The molecule has 1 saturated heterocycles. The average molecular weight is 404 g/mol. The standard InChI is InChI=1S/C17H23ClFN3O3S/c1-26(24,25)22-9-7-20(8-10-22)17(23)12-21(13-5-6-13)11-14-15(18)3-2-4-16(14)19/h2-4,13H,5-12H2,1H3. The van der Waals surface area contributed by atoms with Crippen molar-refractivity contribution in [3.8, 4) is 0 Å². The van der Waals surface area contributed by atoms with Crippen LogP contribution in [0.2, 0.25) is 5.02 Å². The fraction of sp³-hybridized carbons (Fsp3) is 0.588. The third-order valence-corrected chi connectivity index (χ3v) is 6.54. The van der Waals surface area contributed by atoms with Gasteiger partial charge in [0.25, 0.3) is 0 Å². The van der Waals surface area contributed by atoms with Gasteiger partial charge in [-0.2, -0.15) is 4.31 Å². The highest BCUT2D eigenvalue weighted by molar-refractivity contribution is 7.88. The van der Waals surface area contributed by atoms with E-state index in [0.717, 1.165) is 12.8 Å². The number of rotatable bonds is 6. The molecule has 0 unspecified atom stereocenters. The second-order valence-electron chi connectivity index (χ2n) is 6.88. The van der Waals surface area contributed by atoms with Gasteiger partial charge in [0.05, 0.1) is 12.8 Å². The van der Waals surface area contributed by atoms with Crippen molar-refractivity contribution in [2.45, 2.75) is 25.4 Å². The van der Waals surface area contributed by atoms with E-state index in [0.29, 0.717) is 43.3 Å².